The summed E-state index contributed by atoms with van der Waals surface area (Å²) in [4.78, 5) is 0. The Labute approximate surface area is 121 Å². The summed E-state index contributed by atoms with van der Waals surface area (Å²) in [6.07, 6.45) is 11.1. The summed E-state index contributed by atoms with van der Waals surface area (Å²) in [5, 5.41) is 4.81. The number of aryl methyl sites for hydroxylation is 1. The van der Waals surface area contributed by atoms with Crippen LogP contribution in [-0.4, -0.2) is 14.3 Å². The lowest BCUT2D eigenvalue weighted by atomic mass is 9.96. The lowest BCUT2D eigenvalue weighted by molar-refractivity contribution is 0.328. The highest BCUT2D eigenvalue weighted by Crippen LogP contribution is 2.27. The molecule has 0 saturated heterocycles. The summed E-state index contributed by atoms with van der Waals surface area (Å²) in [6.45, 7) is 7.46. The molecule has 2 aromatic heterocycles. The van der Waals surface area contributed by atoms with Crippen LogP contribution in [0.3, 0.4) is 0 Å². The summed E-state index contributed by atoms with van der Waals surface area (Å²) in [5.74, 6) is 0. The van der Waals surface area contributed by atoms with E-state index in [2.05, 4.69) is 48.5 Å². The van der Waals surface area contributed by atoms with Crippen LogP contribution in [-0.2, 0) is 6.54 Å². The van der Waals surface area contributed by atoms with Gasteiger partial charge in [0.1, 0.15) is 0 Å². The second-order valence-electron chi connectivity index (χ2n) is 6.23. The molecule has 2 aromatic rings. The topological polar surface area (TPSA) is 22.8 Å². The van der Waals surface area contributed by atoms with Crippen LogP contribution in [0.5, 0.6) is 0 Å². The fraction of sp³-hybridized carbons (Fsp3) is 0.588. The van der Waals surface area contributed by atoms with E-state index in [1.54, 1.807) is 0 Å². The van der Waals surface area contributed by atoms with Gasteiger partial charge in [-0.15, -0.1) is 0 Å². The highest BCUT2D eigenvalue weighted by Gasteiger charge is 2.16. The maximum Gasteiger partial charge on any atom is 0.0821 e. The zero-order valence-corrected chi connectivity index (χ0v) is 12.9. The summed E-state index contributed by atoms with van der Waals surface area (Å²) in [6, 6.07) is 2.81. The van der Waals surface area contributed by atoms with E-state index in [4.69, 9.17) is 5.10 Å². The minimum atomic E-state index is 0.631. The van der Waals surface area contributed by atoms with E-state index < -0.39 is 0 Å². The molecule has 0 amide bonds. The first kappa shape index (κ1) is 13.5. The monoisotopic (exact) mass is 271 g/mol. The second kappa shape index (κ2) is 5.47. The molecule has 108 valence electrons. The fourth-order valence-electron chi connectivity index (χ4n) is 3.28. The van der Waals surface area contributed by atoms with Crippen molar-refractivity contribution in [3.8, 4) is 0 Å². The number of hydrogen-bond donors (Lipinski definition) is 0. The summed E-state index contributed by atoms with van der Waals surface area (Å²) < 4.78 is 4.52. The van der Waals surface area contributed by atoms with Gasteiger partial charge in [-0.05, 0) is 50.8 Å². The average Bonchev–Trinajstić information content (AvgIpc) is 3.02. The van der Waals surface area contributed by atoms with E-state index in [1.165, 1.54) is 54.6 Å². The van der Waals surface area contributed by atoms with Crippen LogP contribution < -0.4 is 0 Å². The normalized spacial score (nSPS) is 16.8. The molecule has 0 atom stereocenters. The van der Waals surface area contributed by atoms with Crippen molar-refractivity contribution < 1.29 is 0 Å². The summed E-state index contributed by atoms with van der Waals surface area (Å²) in [5.41, 5.74) is 5.30. The maximum atomic E-state index is 4.81. The Hall–Kier alpha value is -1.51. The quantitative estimate of drug-likeness (QED) is 0.821. The molecule has 0 spiro atoms. The summed E-state index contributed by atoms with van der Waals surface area (Å²) in [7, 11) is 0. The van der Waals surface area contributed by atoms with E-state index >= 15 is 0 Å². The standard InChI is InChI=1S/C17H25N3/c1-13-11-19(15(3)14(13)2)12-16-9-10-20(18-16)17-7-5-4-6-8-17/h9-11,17H,4-8,12H2,1-3H3. The predicted octanol–water partition coefficient (Wildman–Crippen LogP) is 4.16. The Morgan fingerprint density at radius 3 is 2.55 bits per heavy atom. The van der Waals surface area contributed by atoms with Crippen molar-refractivity contribution in [2.75, 3.05) is 0 Å². The van der Waals surface area contributed by atoms with Gasteiger partial charge in [-0.3, -0.25) is 4.68 Å². The molecule has 0 unspecified atom stereocenters. The third-order valence-corrected chi connectivity index (χ3v) is 4.86. The highest BCUT2D eigenvalue weighted by atomic mass is 15.3. The Kier molecular flexibility index (Phi) is 3.68. The first-order valence-electron chi connectivity index (χ1n) is 7.82. The van der Waals surface area contributed by atoms with Gasteiger partial charge < -0.3 is 4.57 Å². The molecule has 3 nitrogen and oxygen atoms in total. The largest absolute Gasteiger partial charge is 0.345 e. The molecule has 2 heterocycles. The van der Waals surface area contributed by atoms with Crippen LogP contribution in [0.4, 0.5) is 0 Å². The molecule has 1 aliphatic rings. The number of aromatic nitrogens is 3. The molecule has 1 aliphatic carbocycles. The van der Waals surface area contributed by atoms with Gasteiger partial charge >= 0.3 is 0 Å². The fourth-order valence-corrected chi connectivity index (χ4v) is 3.28. The van der Waals surface area contributed by atoms with Gasteiger partial charge in [0.2, 0.25) is 0 Å². The third-order valence-electron chi connectivity index (χ3n) is 4.86. The minimum Gasteiger partial charge on any atom is -0.345 e. The van der Waals surface area contributed by atoms with Crippen LogP contribution in [0.25, 0.3) is 0 Å². The van der Waals surface area contributed by atoms with Gasteiger partial charge in [0, 0.05) is 18.1 Å². The molecule has 0 aromatic carbocycles. The lowest BCUT2D eigenvalue weighted by Gasteiger charge is -2.21. The highest BCUT2D eigenvalue weighted by molar-refractivity contribution is 5.29. The van der Waals surface area contributed by atoms with Crippen LogP contribution in [0.1, 0.15) is 60.7 Å². The van der Waals surface area contributed by atoms with Gasteiger partial charge in [-0.2, -0.15) is 5.10 Å². The van der Waals surface area contributed by atoms with Crippen LogP contribution in [0.15, 0.2) is 18.5 Å². The van der Waals surface area contributed by atoms with E-state index in [9.17, 15) is 0 Å². The van der Waals surface area contributed by atoms with Crippen molar-refractivity contribution in [1.29, 1.82) is 0 Å². The first-order valence-corrected chi connectivity index (χ1v) is 7.82. The Bertz CT molecular complexity index is 585. The third kappa shape index (κ3) is 2.54. The molecule has 0 radical (unpaired) electrons. The van der Waals surface area contributed by atoms with E-state index in [1.807, 2.05) is 0 Å². The van der Waals surface area contributed by atoms with Gasteiger partial charge in [0.15, 0.2) is 0 Å². The molecule has 0 bridgehead atoms. The van der Waals surface area contributed by atoms with Crippen molar-refractivity contribution in [1.82, 2.24) is 14.3 Å². The van der Waals surface area contributed by atoms with Crippen LogP contribution in [0.2, 0.25) is 0 Å². The Balaban J connectivity index is 1.75. The molecule has 3 rings (SSSR count). The van der Waals surface area contributed by atoms with E-state index in [0.29, 0.717) is 6.04 Å². The van der Waals surface area contributed by atoms with Gasteiger partial charge in [-0.1, -0.05) is 19.3 Å². The average molecular weight is 271 g/mol. The lowest BCUT2D eigenvalue weighted by Crippen LogP contribution is -2.13. The second-order valence-corrected chi connectivity index (χ2v) is 6.23. The SMILES string of the molecule is Cc1cn(Cc2ccn(C3CCCCC3)n2)c(C)c1C. The number of hydrogen-bond acceptors (Lipinski definition) is 1. The molecule has 0 N–H and O–H groups in total. The number of rotatable bonds is 3. The van der Waals surface area contributed by atoms with Gasteiger partial charge in [0.25, 0.3) is 0 Å². The molecule has 3 heteroatoms. The molecule has 1 saturated carbocycles. The van der Waals surface area contributed by atoms with Crippen molar-refractivity contribution in [2.24, 2.45) is 0 Å². The molecular formula is C17H25N3. The van der Waals surface area contributed by atoms with Crippen molar-refractivity contribution in [3.63, 3.8) is 0 Å². The van der Waals surface area contributed by atoms with Gasteiger partial charge in [0.05, 0.1) is 18.3 Å². The van der Waals surface area contributed by atoms with E-state index in [-0.39, 0.29) is 0 Å². The minimum absolute atomic E-state index is 0.631. The van der Waals surface area contributed by atoms with Crippen LogP contribution >= 0.6 is 0 Å². The van der Waals surface area contributed by atoms with Crippen molar-refractivity contribution in [3.05, 3.63) is 41.0 Å². The van der Waals surface area contributed by atoms with Crippen molar-refractivity contribution in [2.45, 2.75) is 65.5 Å². The zero-order chi connectivity index (χ0) is 14.1. The molecular weight excluding hydrogens is 246 g/mol. The molecule has 0 aliphatic heterocycles. The van der Waals surface area contributed by atoms with Crippen molar-refractivity contribution >= 4 is 0 Å². The first-order chi connectivity index (χ1) is 9.65. The predicted molar refractivity (Wildman–Crippen MR) is 82.1 cm³/mol. The Morgan fingerprint density at radius 1 is 1.15 bits per heavy atom. The Morgan fingerprint density at radius 2 is 1.90 bits per heavy atom. The molecule has 20 heavy (non-hydrogen) atoms. The van der Waals surface area contributed by atoms with E-state index in [0.717, 1.165) is 6.54 Å². The maximum absolute atomic E-state index is 4.81. The number of nitrogens with zero attached hydrogens (tertiary/aromatic N) is 3. The smallest absolute Gasteiger partial charge is 0.0821 e. The zero-order valence-electron chi connectivity index (χ0n) is 12.9. The molecule has 1 fully saturated rings. The van der Waals surface area contributed by atoms with Crippen LogP contribution in [0, 0.1) is 20.8 Å². The summed E-state index contributed by atoms with van der Waals surface area (Å²) >= 11 is 0. The van der Waals surface area contributed by atoms with Gasteiger partial charge in [-0.25, -0.2) is 0 Å².